The number of hydrogen-bond donors (Lipinski definition) is 1. The van der Waals surface area contributed by atoms with Gasteiger partial charge in [-0.1, -0.05) is 66.7 Å². The van der Waals surface area contributed by atoms with Crippen molar-refractivity contribution in [1.29, 1.82) is 0 Å². The molecule has 3 atom stereocenters. The van der Waals surface area contributed by atoms with Gasteiger partial charge in [-0.05, 0) is 11.1 Å². The van der Waals surface area contributed by atoms with Crippen LogP contribution in [0.5, 0.6) is 0 Å². The number of carbonyl (C=O) groups is 2. The third kappa shape index (κ3) is 5.36. The Morgan fingerprint density at radius 2 is 1.76 bits per heavy atom. The maximum Gasteiger partial charge on any atom is 0.411 e. The molecule has 2 aromatic rings. The highest BCUT2D eigenvalue weighted by Crippen LogP contribution is 2.27. The summed E-state index contributed by atoms with van der Waals surface area (Å²) in [6.45, 7) is 4.36. The van der Waals surface area contributed by atoms with Crippen molar-refractivity contribution in [2.24, 2.45) is 5.73 Å². The number of amides is 2. The Kier molecular flexibility index (Phi) is 6.86. The lowest BCUT2D eigenvalue weighted by Gasteiger charge is -2.27. The average Bonchev–Trinajstić information content (AvgIpc) is 3.04. The number of primary amides is 1. The molecule has 0 bridgehead atoms. The Hall–Kier alpha value is -3.32. The molecule has 1 aliphatic rings. The van der Waals surface area contributed by atoms with E-state index in [-0.39, 0.29) is 13.2 Å². The van der Waals surface area contributed by atoms with Crippen molar-refractivity contribution in [2.45, 2.75) is 31.4 Å². The first kappa shape index (κ1) is 20.4. The molecule has 1 saturated heterocycles. The SMILES string of the molecule is C=C[C@@H]1[C@@H]([C@H](COC(N)=O)OCc2ccccc2)OC(=O)N1Cc1ccccc1. The zero-order valence-electron chi connectivity index (χ0n) is 16.0. The topological polar surface area (TPSA) is 91.1 Å². The van der Waals surface area contributed by atoms with Crippen LogP contribution in [0.25, 0.3) is 0 Å². The molecule has 0 aliphatic carbocycles. The number of nitrogens with two attached hydrogens (primary N) is 1. The van der Waals surface area contributed by atoms with E-state index in [0.29, 0.717) is 6.54 Å². The lowest BCUT2D eigenvalue weighted by atomic mass is 10.0. The molecule has 2 N–H and O–H groups in total. The fraction of sp³-hybridized carbons (Fsp3) is 0.273. The van der Waals surface area contributed by atoms with E-state index in [1.165, 1.54) is 0 Å². The van der Waals surface area contributed by atoms with Gasteiger partial charge in [0.1, 0.15) is 12.7 Å². The molecule has 29 heavy (non-hydrogen) atoms. The third-order valence-electron chi connectivity index (χ3n) is 4.67. The first-order valence-corrected chi connectivity index (χ1v) is 9.30. The Morgan fingerprint density at radius 3 is 2.34 bits per heavy atom. The summed E-state index contributed by atoms with van der Waals surface area (Å²) in [5, 5.41) is 0. The van der Waals surface area contributed by atoms with Crippen LogP contribution in [0, 0.1) is 0 Å². The molecular weight excluding hydrogens is 372 g/mol. The zero-order chi connectivity index (χ0) is 20.6. The normalized spacial score (nSPS) is 19.4. The fourth-order valence-corrected chi connectivity index (χ4v) is 3.24. The highest BCUT2D eigenvalue weighted by Gasteiger charge is 2.45. The van der Waals surface area contributed by atoms with Gasteiger partial charge in [0.2, 0.25) is 0 Å². The summed E-state index contributed by atoms with van der Waals surface area (Å²) in [4.78, 5) is 25.2. The van der Waals surface area contributed by atoms with E-state index < -0.39 is 30.4 Å². The molecule has 0 unspecified atom stereocenters. The number of ether oxygens (including phenoxy) is 3. The molecule has 7 nitrogen and oxygen atoms in total. The molecule has 7 heteroatoms. The van der Waals surface area contributed by atoms with E-state index in [4.69, 9.17) is 19.9 Å². The number of benzene rings is 2. The van der Waals surface area contributed by atoms with Gasteiger partial charge in [-0.3, -0.25) is 4.90 Å². The summed E-state index contributed by atoms with van der Waals surface area (Å²) >= 11 is 0. The Balaban J connectivity index is 1.75. The van der Waals surface area contributed by atoms with Crippen molar-refractivity contribution in [3.8, 4) is 0 Å². The van der Waals surface area contributed by atoms with Gasteiger partial charge < -0.3 is 19.9 Å². The van der Waals surface area contributed by atoms with Crippen LogP contribution in [-0.2, 0) is 27.4 Å². The van der Waals surface area contributed by atoms with Crippen LogP contribution in [-0.4, -0.2) is 41.9 Å². The van der Waals surface area contributed by atoms with E-state index in [0.717, 1.165) is 11.1 Å². The summed E-state index contributed by atoms with van der Waals surface area (Å²) in [5.74, 6) is 0. The van der Waals surface area contributed by atoms with Gasteiger partial charge in [0.25, 0.3) is 0 Å². The van der Waals surface area contributed by atoms with Gasteiger partial charge in [0, 0.05) is 6.54 Å². The summed E-state index contributed by atoms with van der Waals surface area (Å²) in [5.41, 5.74) is 7.02. The summed E-state index contributed by atoms with van der Waals surface area (Å²) < 4.78 is 16.5. The van der Waals surface area contributed by atoms with Crippen LogP contribution < -0.4 is 5.73 Å². The van der Waals surface area contributed by atoms with E-state index in [1.807, 2.05) is 60.7 Å². The van der Waals surface area contributed by atoms with Gasteiger partial charge in [0.05, 0.1) is 12.6 Å². The Bertz CT molecular complexity index is 828. The first-order valence-electron chi connectivity index (χ1n) is 9.30. The first-order chi connectivity index (χ1) is 14.1. The minimum atomic E-state index is -0.918. The van der Waals surface area contributed by atoms with Crippen molar-refractivity contribution in [3.05, 3.63) is 84.4 Å². The fourth-order valence-electron chi connectivity index (χ4n) is 3.24. The van der Waals surface area contributed by atoms with Crippen molar-refractivity contribution in [2.75, 3.05) is 6.61 Å². The number of hydrogen-bond acceptors (Lipinski definition) is 5. The molecule has 0 aromatic heterocycles. The number of carbonyl (C=O) groups excluding carboxylic acids is 2. The molecule has 0 spiro atoms. The predicted octanol–water partition coefficient (Wildman–Crippen LogP) is 3.24. The molecule has 0 saturated carbocycles. The average molecular weight is 396 g/mol. The standard InChI is InChI=1S/C22H24N2O5/c1-2-18-20(29-22(26)24(18)13-16-9-5-3-6-10-16)19(15-28-21(23)25)27-14-17-11-7-4-8-12-17/h2-12,18-20H,1,13-15H2,(H2,23,25)/t18-,19+,20+/m1/s1. The number of rotatable bonds is 9. The second-order valence-electron chi connectivity index (χ2n) is 6.65. The minimum Gasteiger partial charge on any atom is -0.447 e. The van der Waals surface area contributed by atoms with Gasteiger partial charge in [0.15, 0.2) is 6.10 Å². The monoisotopic (exact) mass is 396 g/mol. The van der Waals surface area contributed by atoms with Crippen molar-refractivity contribution in [1.82, 2.24) is 4.90 Å². The molecule has 3 rings (SSSR count). The molecule has 0 radical (unpaired) electrons. The van der Waals surface area contributed by atoms with Crippen molar-refractivity contribution < 1.29 is 23.8 Å². The van der Waals surface area contributed by atoms with Crippen LogP contribution in [0.3, 0.4) is 0 Å². The van der Waals surface area contributed by atoms with E-state index >= 15 is 0 Å². The van der Waals surface area contributed by atoms with Crippen LogP contribution in [0.1, 0.15) is 11.1 Å². The molecule has 2 amide bonds. The quantitative estimate of drug-likeness (QED) is 0.657. The second-order valence-corrected chi connectivity index (χ2v) is 6.65. The van der Waals surface area contributed by atoms with Crippen molar-refractivity contribution >= 4 is 12.2 Å². The molecule has 2 aromatic carbocycles. The summed E-state index contributed by atoms with van der Waals surface area (Å²) in [6.07, 6.45) is -1.14. The summed E-state index contributed by atoms with van der Waals surface area (Å²) in [6, 6.07) is 18.7. The van der Waals surface area contributed by atoms with Crippen molar-refractivity contribution in [3.63, 3.8) is 0 Å². The van der Waals surface area contributed by atoms with Gasteiger partial charge in [-0.25, -0.2) is 9.59 Å². The lowest BCUT2D eigenvalue weighted by molar-refractivity contribution is -0.0671. The van der Waals surface area contributed by atoms with Crippen LogP contribution in [0.4, 0.5) is 9.59 Å². The maximum atomic E-state index is 12.5. The largest absolute Gasteiger partial charge is 0.447 e. The molecule has 1 aliphatic heterocycles. The molecule has 1 fully saturated rings. The third-order valence-corrected chi connectivity index (χ3v) is 4.67. The molecule has 152 valence electrons. The smallest absolute Gasteiger partial charge is 0.411 e. The van der Waals surface area contributed by atoms with Gasteiger partial charge >= 0.3 is 12.2 Å². The Morgan fingerprint density at radius 1 is 1.14 bits per heavy atom. The lowest BCUT2D eigenvalue weighted by Crippen LogP contribution is -2.43. The van der Waals surface area contributed by atoms with Gasteiger partial charge in [-0.2, -0.15) is 0 Å². The van der Waals surface area contributed by atoms with Gasteiger partial charge in [-0.15, -0.1) is 6.58 Å². The van der Waals surface area contributed by atoms with Crippen LogP contribution >= 0.6 is 0 Å². The Labute approximate surface area is 169 Å². The molecule has 1 heterocycles. The highest BCUT2D eigenvalue weighted by molar-refractivity contribution is 5.71. The minimum absolute atomic E-state index is 0.135. The van der Waals surface area contributed by atoms with E-state index in [2.05, 4.69) is 6.58 Å². The van der Waals surface area contributed by atoms with Crippen LogP contribution in [0.2, 0.25) is 0 Å². The highest BCUT2D eigenvalue weighted by atomic mass is 16.6. The zero-order valence-corrected chi connectivity index (χ0v) is 16.0. The second kappa shape index (κ2) is 9.75. The maximum absolute atomic E-state index is 12.5. The van der Waals surface area contributed by atoms with E-state index in [1.54, 1.807) is 11.0 Å². The van der Waals surface area contributed by atoms with E-state index in [9.17, 15) is 9.59 Å². The predicted molar refractivity (Wildman–Crippen MR) is 107 cm³/mol. The summed E-state index contributed by atoms with van der Waals surface area (Å²) in [7, 11) is 0. The van der Waals surface area contributed by atoms with Crippen LogP contribution in [0.15, 0.2) is 73.3 Å². The number of nitrogens with zero attached hydrogens (tertiary/aromatic N) is 1. The molecular formula is C22H24N2O5. The number of cyclic esters (lactones) is 1.